The molecule has 1 aromatic rings. The van der Waals surface area contributed by atoms with Crippen LogP contribution in [-0.4, -0.2) is 33.4 Å². The predicted molar refractivity (Wildman–Crippen MR) is 94.4 cm³/mol. The molecule has 0 saturated heterocycles. The van der Waals surface area contributed by atoms with Gasteiger partial charge in [0.2, 0.25) is 10.0 Å². The average Bonchev–Trinajstić information content (AvgIpc) is 2.54. The van der Waals surface area contributed by atoms with Gasteiger partial charge >= 0.3 is 0 Å². The van der Waals surface area contributed by atoms with Crippen LogP contribution in [0.3, 0.4) is 0 Å². The van der Waals surface area contributed by atoms with Crippen molar-refractivity contribution in [2.45, 2.75) is 50.8 Å². The lowest BCUT2D eigenvalue weighted by atomic mass is 9.86. The third-order valence-electron chi connectivity index (χ3n) is 4.48. The highest BCUT2D eigenvalue weighted by molar-refractivity contribution is 7.90. The maximum atomic E-state index is 11.9. The van der Waals surface area contributed by atoms with E-state index in [0.29, 0.717) is 5.92 Å². The number of benzene rings is 1. The molecule has 0 bridgehead atoms. The summed E-state index contributed by atoms with van der Waals surface area (Å²) in [6, 6.07) is 8.02. The van der Waals surface area contributed by atoms with Gasteiger partial charge in [0.1, 0.15) is 5.75 Å². The zero-order valence-electron chi connectivity index (χ0n) is 14.2. The maximum Gasteiger partial charge on any atom is 0.214 e. The van der Waals surface area contributed by atoms with Crippen LogP contribution in [0, 0.1) is 5.92 Å². The Labute approximate surface area is 139 Å². The Morgan fingerprint density at radius 1 is 1.13 bits per heavy atom. The van der Waals surface area contributed by atoms with Crippen molar-refractivity contribution in [2.75, 3.05) is 19.0 Å². The summed E-state index contributed by atoms with van der Waals surface area (Å²) in [7, 11) is -1.49. The van der Waals surface area contributed by atoms with Crippen LogP contribution in [0.25, 0.3) is 0 Å². The Balaban J connectivity index is 1.74. The second-order valence-corrected chi connectivity index (χ2v) is 8.81. The van der Waals surface area contributed by atoms with E-state index in [1.54, 1.807) is 21.0 Å². The summed E-state index contributed by atoms with van der Waals surface area (Å²) in [5, 5.41) is 3.09. The molecule has 1 aromatic carbocycles. The molecule has 0 atom stereocenters. The summed E-state index contributed by atoms with van der Waals surface area (Å²) in [6.07, 6.45) is 3.94. The van der Waals surface area contributed by atoms with Gasteiger partial charge in [0, 0.05) is 18.3 Å². The van der Waals surface area contributed by atoms with Gasteiger partial charge in [0.05, 0.1) is 12.4 Å². The number of hydrogen-bond acceptors (Lipinski definition) is 4. The molecular weight excluding hydrogens is 312 g/mol. The number of hydrogen-bond donors (Lipinski definition) is 2. The quantitative estimate of drug-likeness (QED) is 0.801. The van der Waals surface area contributed by atoms with Gasteiger partial charge in [-0.3, -0.25) is 0 Å². The number of rotatable bonds is 7. The highest BCUT2D eigenvalue weighted by atomic mass is 32.2. The lowest BCUT2D eigenvalue weighted by molar-refractivity contribution is 0.323. The summed E-state index contributed by atoms with van der Waals surface area (Å²) in [5.74, 6) is 1.45. The summed E-state index contributed by atoms with van der Waals surface area (Å²) in [5.41, 5.74) is 1.09. The van der Waals surface area contributed by atoms with E-state index < -0.39 is 10.0 Å². The fraction of sp³-hybridized carbons (Fsp3) is 0.647. The van der Waals surface area contributed by atoms with Crippen molar-refractivity contribution in [3.63, 3.8) is 0 Å². The lowest BCUT2D eigenvalue weighted by Crippen LogP contribution is -2.41. The summed E-state index contributed by atoms with van der Waals surface area (Å²) >= 11 is 0. The topological polar surface area (TPSA) is 67.4 Å². The van der Waals surface area contributed by atoms with Crippen LogP contribution in [-0.2, 0) is 10.0 Å². The molecule has 1 aliphatic rings. The molecule has 0 aliphatic heterocycles. The molecule has 23 heavy (non-hydrogen) atoms. The molecule has 1 aliphatic carbocycles. The first-order valence-electron chi connectivity index (χ1n) is 8.30. The van der Waals surface area contributed by atoms with Crippen molar-refractivity contribution >= 4 is 15.7 Å². The molecule has 0 heterocycles. The normalized spacial score (nSPS) is 22.1. The smallest absolute Gasteiger partial charge is 0.214 e. The van der Waals surface area contributed by atoms with Gasteiger partial charge in [-0.05, 0) is 69.7 Å². The van der Waals surface area contributed by atoms with E-state index in [2.05, 4.69) is 10.0 Å². The van der Waals surface area contributed by atoms with Gasteiger partial charge in [-0.1, -0.05) is 0 Å². The highest BCUT2D eigenvalue weighted by Crippen LogP contribution is 2.26. The minimum absolute atomic E-state index is 0.0969. The Kier molecular flexibility index (Phi) is 6.30. The van der Waals surface area contributed by atoms with Gasteiger partial charge in [0.15, 0.2) is 0 Å². The van der Waals surface area contributed by atoms with Crippen LogP contribution in [0.5, 0.6) is 5.75 Å². The number of ether oxygens (including phenoxy) is 1. The standard InChI is InChI=1S/C17H28N2O3S/c1-13(2)23(20,21)19-16-6-4-14(5-7-16)12-18-15-8-10-17(22-3)11-9-15/h8-11,13-14,16,18-19H,4-7,12H2,1-3H3/t14-,16-. The summed E-state index contributed by atoms with van der Waals surface area (Å²) in [4.78, 5) is 0. The largest absolute Gasteiger partial charge is 0.497 e. The van der Waals surface area contributed by atoms with E-state index in [4.69, 9.17) is 4.74 Å². The highest BCUT2D eigenvalue weighted by Gasteiger charge is 2.26. The van der Waals surface area contributed by atoms with E-state index in [1.807, 2.05) is 24.3 Å². The minimum Gasteiger partial charge on any atom is -0.497 e. The molecule has 5 nitrogen and oxygen atoms in total. The number of nitrogens with one attached hydrogen (secondary N) is 2. The van der Waals surface area contributed by atoms with Gasteiger partial charge in [-0.25, -0.2) is 13.1 Å². The van der Waals surface area contributed by atoms with Gasteiger partial charge in [-0.15, -0.1) is 0 Å². The first-order valence-corrected chi connectivity index (χ1v) is 9.84. The molecule has 0 aromatic heterocycles. The average molecular weight is 340 g/mol. The fourth-order valence-corrected chi connectivity index (χ4v) is 3.80. The van der Waals surface area contributed by atoms with Gasteiger partial charge in [0.25, 0.3) is 0 Å². The molecule has 6 heteroatoms. The molecule has 0 unspecified atom stereocenters. The van der Waals surface area contributed by atoms with Crippen molar-refractivity contribution in [3.8, 4) is 5.75 Å². The second kappa shape index (κ2) is 8.02. The number of methoxy groups -OCH3 is 1. The van der Waals surface area contributed by atoms with Crippen LogP contribution in [0.1, 0.15) is 39.5 Å². The zero-order valence-corrected chi connectivity index (χ0v) is 15.0. The number of anilines is 1. The van der Waals surface area contributed by atoms with Crippen molar-refractivity contribution in [2.24, 2.45) is 5.92 Å². The van der Waals surface area contributed by atoms with Crippen LogP contribution in [0.2, 0.25) is 0 Å². The number of sulfonamides is 1. The van der Waals surface area contributed by atoms with E-state index >= 15 is 0 Å². The summed E-state index contributed by atoms with van der Waals surface area (Å²) < 4.78 is 31.8. The van der Waals surface area contributed by atoms with Gasteiger partial charge in [-0.2, -0.15) is 0 Å². The van der Waals surface area contributed by atoms with E-state index in [-0.39, 0.29) is 11.3 Å². The molecule has 0 spiro atoms. The third-order valence-corrected chi connectivity index (χ3v) is 6.39. The van der Waals surface area contributed by atoms with Crippen molar-refractivity contribution in [3.05, 3.63) is 24.3 Å². The molecule has 130 valence electrons. The monoisotopic (exact) mass is 340 g/mol. The van der Waals surface area contributed by atoms with E-state index in [1.165, 1.54) is 0 Å². The predicted octanol–water partition coefficient (Wildman–Crippen LogP) is 2.99. The molecule has 1 saturated carbocycles. The van der Waals surface area contributed by atoms with Gasteiger partial charge < -0.3 is 10.1 Å². The van der Waals surface area contributed by atoms with Crippen molar-refractivity contribution in [1.29, 1.82) is 0 Å². The Morgan fingerprint density at radius 3 is 2.26 bits per heavy atom. The van der Waals surface area contributed by atoms with Crippen LogP contribution in [0.4, 0.5) is 5.69 Å². The van der Waals surface area contributed by atoms with Crippen LogP contribution >= 0.6 is 0 Å². The van der Waals surface area contributed by atoms with E-state index in [9.17, 15) is 8.42 Å². The summed E-state index contributed by atoms with van der Waals surface area (Å²) in [6.45, 7) is 4.36. The zero-order chi connectivity index (χ0) is 16.9. The Hall–Kier alpha value is -1.27. The lowest BCUT2D eigenvalue weighted by Gasteiger charge is -2.29. The second-order valence-electron chi connectivity index (χ2n) is 6.54. The molecule has 2 rings (SSSR count). The van der Waals surface area contributed by atoms with Crippen LogP contribution < -0.4 is 14.8 Å². The minimum atomic E-state index is -3.15. The molecule has 0 radical (unpaired) electrons. The third kappa shape index (κ3) is 5.39. The van der Waals surface area contributed by atoms with Crippen LogP contribution in [0.15, 0.2) is 24.3 Å². The maximum absolute atomic E-state index is 11.9. The first kappa shape index (κ1) is 18.1. The van der Waals surface area contributed by atoms with Crippen molar-refractivity contribution in [1.82, 2.24) is 4.72 Å². The van der Waals surface area contributed by atoms with Crippen molar-refractivity contribution < 1.29 is 13.2 Å². The Morgan fingerprint density at radius 2 is 1.74 bits per heavy atom. The SMILES string of the molecule is COc1ccc(NC[C@H]2CC[C@H](NS(=O)(=O)C(C)C)CC2)cc1. The fourth-order valence-electron chi connectivity index (χ4n) is 2.82. The molecule has 2 N–H and O–H groups in total. The molecule has 0 amide bonds. The molecular formula is C17H28N2O3S. The van der Waals surface area contributed by atoms with E-state index in [0.717, 1.165) is 43.7 Å². The first-order chi connectivity index (χ1) is 10.9. The Bertz CT molecular complexity index is 576. The molecule has 1 fully saturated rings.